The number of nitrogens with one attached hydrogen (secondary N) is 1. The van der Waals surface area contributed by atoms with Crippen LogP contribution in [0, 0.1) is 6.92 Å². The van der Waals surface area contributed by atoms with Gasteiger partial charge in [-0.1, -0.05) is 6.07 Å². The zero-order valence-electron chi connectivity index (χ0n) is 8.20. The van der Waals surface area contributed by atoms with E-state index >= 15 is 0 Å². The summed E-state index contributed by atoms with van der Waals surface area (Å²) in [6, 6.07) is 5.18. The minimum atomic E-state index is -0.316. The Morgan fingerprint density at radius 1 is 1.43 bits per heavy atom. The van der Waals surface area contributed by atoms with E-state index in [1.165, 1.54) is 6.92 Å². The van der Waals surface area contributed by atoms with Crippen molar-refractivity contribution in [3.05, 3.63) is 29.6 Å². The number of ketones is 1. The normalized spacial score (nSPS) is 9.57. The molecule has 14 heavy (non-hydrogen) atoms. The lowest BCUT2D eigenvalue weighted by molar-refractivity contribution is -0.116. The van der Waals surface area contributed by atoms with Crippen molar-refractivity contribution in [3.8, 4) is 0 Å². The number of carbonyl (C=O) groups is 2. The third-order valence-electron chi connectivity index (χ3n) is 1.62. The molecule has 0 bridgehead atoms. The molecule has 0 aliphatic carbocycles. The van der Waals surface area contributed by atoms with Gasteiger partial charge < -0.3 is 5.32 Å². The summed E-state index contributed by atoms with van der Waals surface area (Å²) in [5.41, 5.74) is 1.12. The number of pyridine rings is 1. The molecule has 0 aliphatic rings. The molecule has 0 atom stereocenters. The maximum atomic E-state index is 11.4. The van der Waals surface area contributed by atoms with Gasteiger partial charge in [0.2, 0.25) is 0 Å². The van der Waals surface area contributed by atoms with Crippen LogP contribution >= 0.6 is 0 Å². The van der Waals surface area contributed by atoms with E-state index in [4.69, 9.17) is 0 Å². The zero-order valence-corrected chi connectivity index (χ0v) is 8.20. The monoisotopic (exact) mass is 192 g/mol. The molecule has 1 heterocycles. The highest BCUT2D eigenvalue weighted by molar-refractivity contribution is 5.94. The molecule has 0 spiro atoms. The summed E-state index contributed by atoms with van der Waals surface area (Å²) in [6.45, 7) is 3.28. The van der Waals surface area contributed by atoms with Crippen molar-refractivity contribution in [2.45, 2.75) is 13.8 Å². The minimum Gasteiger partial charge on any atom is -0.344 e. The van der Waals surface area contributed by atoms with Gasteiger partial charge in [-0.15, -0.1) is 0 Å². The number of rotatable bonds is 3. The number of Topliss-reactive ketones (excluding diaryl/α,β-unsaturated/α-hetero) is 1. The fourth-order valence-corrected chi connectivity index (χ4v) is 0.965. The SMILES string of the molecule is CC(=O)CNC(=O)c1cccc(C)n1. The highest BCUT2D eigenvalue weighted by atomic mass is 16.2. The minimum absolute atomic E-state index is 0.0501. The third kappa shape index (κ3) is 2.97. The first-order valence-electron chi connectivity index (χ1n) is 4.31. The zero-order chi connectivity index (χ0) is 10.6. The van der Waals surface area contributed by atoms with Gasteiger partial charge in [-0.3, -0.25) is 9.59 Å². The molecule has 1 aromatic heterocycles. The Kier molecular flexibility index (Phi) is 3.34. The molecule has 0 saturated heterocycles. The Bertz CT molecular complexity index is 361. The van der Waals surface area contributed by atoms with Crippen LogP contribution in [0.3, 0.4) is 0 Å². The molecule has 1 rings (SSSR count). The van der Waals surface area contributed by atoms with E-state index in [0.717, 1.165) is 5.69 Å². The van der Waals surface area contributed by atoms with Gasteiger partial charge in [-0.25, -0.2) is 4.98 Å². The number of amides is 1. The Balaban J connectivity index is 2.65. The van der Waals surface area contributed by atoms with Gasteiger partial charge in [0.1, 0.15) is 11.5 Å². The molecule has 0 unspecified atom stereocenters. The summed E-state index contributed by atoms with van der Waals surface area (Å²) < 4.78 is 0. The summed E-state index contributed by atoms with van der Waals surface area (Å²) in [5.74, 6) is -0.394. The van der Waals surface area contributed by atoms with Crippen LogP contribution in [-0.2, 0) is 4.79 Å². The second kappa shape index (κ2) is 4.50. The first-order valence-corrected chi connectivity index (χ1v) is 4.31. The largest absolute Gasteiger partial charge is 0.344 e. The predicted octanol–water partition coefficient (Wildman–Crippen LogP) is 0.709. The van der Waals surface area contributed by atoms with Crippen molar-refractivity contribution in [1.29, 1.82) is 0 Å². The molecular formula is C10H12N2O2. The molecule has 4 heteroatoms. The van der Waals surface area contributed by atoms with Crippen LogP contribution in [0.1, 0.15) is 23.1 Å². The van der Waals surface area contributed by atoms with E-state index in [0.29, 0.717) is 5.69 Å². The second-order valence-electron chi connectivity index (χ2n) is 3.05. The molecular weight excluding hydrogens is 180 g/mol. The number of carbonyl (C=O) groups excluding carboxylic acids is 2. The lowest BCUT2D eigenvalue weighted by atomic mass is 10.3. The first-order chi connectivity index (χ1) is 6.59. The lowest BCUT2D eigenvalue weighted by Gasteiger charge is -2.02. The van der Waals surface area contributed by atoms with Crippen molar-refractivity contribution in [2.24, 2.45) is 0 Å². The van der Waals surface area contributed by atoms with Gasteiger partial charge in [-0.05, 0) is 26.0 Å². The van der Waals surface area contributed by atoms with Crippen LogP contribution in [0.15, 0.2) is 18.2 Å². The number of hydrogen-bond acceptors (Lipinski definition) is 3. The predicted molar refractivity (Wildman–Crippen MR) is 52.0 cm³/mol. The lowest BCUT2D eigenvalue weighted by Crippen LogP contribution is -2.28. The van der Waals surface area contributed by atoms with E-state index < -0.39 is 0 Å². The molecule has 4 nitrogen and oxygen atoms in total. The number of nitrogens with zero attached hydrogens (tertiary/aromatic N) is 1. The van der Waals surface area contributed by atoms with Gasteiger partial charge in [0, 0.05) is 5.69 Å². The maximum Gasteiger partial charge on any atom is 0.270 e. The number of aromatic nitrogens is 1. The highest BCUT2D eigenvalue weighted by Gasteiger charge is 2.06. The van der Waals surface area contributed by atoms with Crippen LogP contribution in [0.25, 0.3) is 0 Å². The third-order valence-corrected chi connectivity index (χ3v) is 1.62. The van der Waals surface area contributed by atoms with E-state index in [9.17, 15) is 9.59 Å². The fourth-order valence-electron chi connectivity index (χ4n) is 0.965. The van der Waals surface area contributed by atoms with Crippen LogP contribution < -0.4 is 5.32 Å². The second-order valence-corrected chi connectivity index (χ2v) is 3.05. The first kappa shape index (κ1) is 10.4. The van der Waals surface area contributed by atoms with Crippen molar-refractivity contribution >= 4 is 11.7 Å². The van der Waals surface area contributed by atoms with Crippen molar-refractivity contribution in [3.63, 3.8) is 0 Å². The summed E-state index contributed by atoms with van der Waals surface area (Å²) in [4.78, 5) is 26.0. The summed E-state index contributed by atoms with van der Waals surface area (Å²) in [6.07, 6.45) is 0. The topological polar surface area (TPSA) is 59.1 Å². The average molecular weight is 192 g/mol. The van der Waals surface area contributed by atoms with Crippen molar-refractivity contribution in [1.82, 2.24) is 10.3 Å². The standard InChI is InChI=1S/C10H12N2O2/c1-7-4-3-5-9(12-7)10(14)11-6-8(2)13/h3-5H,6H2,1-2H3,(H,11,14). The summed E-state index contributed by atoms with van der Waals surface area (Å²) in [5, 5.41) is 2.47. The van der Waals surface area contributed by atoms with E-state index in [1.54, 1.807) is 12.1 Å². The Morgan fingerprint density at radius 3 is 2.71 bits per heavy atom. The molecule has 0 aliphatic heterocycles. The van der Waals surface area contributed by atoms with Gasteiger partial charge in [0.25, 0.3) is 5.91 Å². The van der Waals surface area contributed by atoms with Crippen LogP contribution in [0.4, 0.5) is 0 Å². The molecule has 0 aromatic carbocycles. The smallest absolute Gasteiger partial charge is 0.270 e. The maximum absolute atomic E-state index is 11.4. The molecule has 1 N–H and O–H groups in total. The molecule has 74 valence electrons. The van der Waals surface area contributed by atoms with Crippen molar-refractivity contribution < 1.29 is 9.59 Å². The molecule has 1 aromatic rings. The fraction of sp³-hybridized carbons (Fsp3) is 0.300. The van der Waals surface area contributed by atoms with Crippen LogP contribution in [-0.4, -0.2) is 23.2 Å². The summed E-state index contributed by atoms with van der Waals surface area (Å²) in [7, 11) is 0. The average Bonchev–Trinajstić information content (AvgIpc) is 2.14. The number of hydrogen-bond donors (Lipinski definition) is 1. The summed E-state index contributed by atoms with van der Waals surface area (Å²) >= 11 is 0. The molecule has 0 radical (unpaired) electrons. The van der Waals surface area contributed by atoms with Crippen molar-refractivity contribution in [2.75, 3.05) is 6.54 Å². The number of aryl methyl sites for hydroxylation is 1. The van der Waals surface area contributed by atoms with Gasteiger partial charge in [-0.2, -0.15) is 0 Å². The van der Waals surface area contributed by atoms with Gasteiger partial charge in [0.05, 0.1) is 6.54 Å². The highest BCUT2D eigenvalue weighted by Crippen LogP contribution is 1.97. The van der Waals surface area contributed by atoms with E-state index in [1.807, 2.05) is 13.0 Å². The Morgan fingerprint density at radius 2 is 2.14 bits per heavy atom. The Labute approximate surface area is 82.3 Å². The molecule has 1 amide bonds. The molecule has 0 saturated carbocycles. The van der Waals surface area contributed by atoms with Crippen LogP contribution in [0.5, 0.6) is 0 Å². The van der Waals surface area contributed by atoms with Gasteiger partial charge in [0.15, 0.2) is 0 Å². The van der Waals surface area contributed by atoms with Gasteiger partial charge >= 0.3 is 0 Å². The van der Waals surface area contributed by atoms with Crippen LogP contribution in [0.2, 0.25) is 0 Å². The van der Waals surface area contributed by atoms with E-state index in [-0.39, 0.29) is 18.2 Å². The molecule has 0 fully saturated rings. The van der Waals surface area contributed by atoms with E-state index in [2.05, 4.69) is 10.3 Å². The quantitative estimate of drug-likeness (QED) is 0.767. The Hall–Kier alpha value is -1.71.